The van der Waals surface area contributed by atoms with Gasteiger partial charge in [0, 0.05) is 5.41 Å². The summed E-state index contributed by atoms with van der Waals surface area (Å²) in [5.41, 5.74) is 1.68. The summed E-state index contributed by atoms with van der Waals surface area (Å²) in [6.07, 6.45) is 0.698. The number of rotatable bonds is 6. The Bertz CT molecular complexity index is 691. The van der Waals surface area contributed by atoms with E-state index < -0.39 is 5.41 Å². The molecule has 2 aromatic carbocycles. The van der Waals surface area contributed by atoms with Crippen LogP contribution in [0, 0.1) is 5.41 Å². The molecule has 4 heteroatoms. The van der Waals surface area contributed by atoms with E-state index in [1.807, 2.05) is 81.4 Å². The maximum Gasteiger partial charge on any atom is 0.239 e. The minimum absolute atomic E-state index is 0.0196. The normalized spacial score (nSPS) is 12.3. The SMILES string of the molecule is CC(C)(C)C(=O)NCC(=O)NC(Cc1ccccc1)c1ccccc1. The lowest BCUT2D eigenvalue weighted by atomic mass is 9.96. The van der Waals surface area contributed by atoms with Crippen molar-refractivity contribution in [1.29, 1.82) is 0 Å². The number of nitrogens with one attached hydrogen (secondary N) is 2. The molecule has 132 valence electrons. The summed E-state index contributed by atoms with van der Waals surface area (Å²) in [7, 11) is 0. The molecule has 0 saturated carbocycles. The van der Waals surface area contributed by atoms with Gasteiger partial charge < -0.3 is 10.6 Å². The molecule has 1 unspecified atom stereocenters. The van der Waals surface area contributed by atoms with Crippen LogP contribution in [0.3, 0.4) is 0 Å². The molecule has 0 aliphatic rings. The van der Waals surface area contributed by atoms with Crippen molar-refractivity contribution in [3.05, 3.63) is 71.8 Å². The highest BCUT2D eigenvalue weighted by Gasteiger charge is 2.22. The van der Waals surface area contributed by atoms with Gasteiger partial charge in [-0.2, -0.15) is 0 Å². The second-order valence-electron chi connectivity index (χ2n) is 7.15. The molecule has 0 heterocycles. The number of benzene rings is 2. The van der Waals surface area contributed by atoms with Crippen LogP contribution in [-0.2, 0) is 16.0 Å². The van der Waals surface area contributed by atoms with E-state index in [1.165, 1.54) is 0 Å². The molecule has 0 spiro atoms. The minimum Gasteiger partial charge on any atom is -0.347 e. The van der Waals surface area contributed by atoms with Gasteiger partial charge in [-0.25, -0.2) is 0 Å². The van der Waals surface area contributed by atoms with Gasteiger partial charge >= 0.3 is 0 Å². The summed E-state index contributed by atoms with van der Waals surface area (Å²) < 4.78 is 0. The van der Waals surface area contributed by atoms with E-state index in [2.05, 4.69) is 10.6 Å². The number of amides is 2. The Morgan fingerprint density at radius 1 is 0.920 bits per heavy atom. The largest absolute Gasteiger partial charge is 0.347 e. The molecule has 2 amide bonds. The summed E-state index contributed by atoms with van der Waals surface area (Å²) in [5.74, 6) is -0.329. The molecule has 25 heavy (non-hydrogen) atoms. The van der Waals surface area contributed by atoms with Gasteiger partial charge in [-0.05, 0) is 17.5 Å². The Labute approximate surface area is 149 Å². The smallest absolute Gasteiger partial charge is 0.239 e. The number of hydrogen-bond acceptors (Lipinski definition) is 2. The van der Waals surface area contributed by atoms with Gasteiger partial charge in [0.2, 0.25) is 11.8 Å². The molecule has 0 bridgehead atoms. The molecule has 2 rings (SSSR count). The van der Waals surface area contributed by atoms with Crippen LogP contribution in [0.1, 0.15) is 37.9 Å². The van der Waals surface area contributed by atoms with Gasteiger partial charge in [-0.15, -0.1) is 0 Å². The summed E-state index contributed by atoms with van der Waals surface area (Å²) in [4.78, 5) is 24.2. The molecule has 0 aromatic heterocycles. The lowest BCUT2D eigenvalue weighted by Crippen LogP contribution is -2.42. The van der Waals surface area contributed by atoms with E-state index in [-0.39, 0.29) is 24.4 Å². The van der Waals surface area contributed by atoms with Crippen molar-refractivity contribution in [2.75, 3.05) is 6.54 Å². The van der Waals surface area contributed by atoms with E-state index in [9.17, 15) is 9.59 Å². The van der Waals surface area contributed by atoms with Crippen molar-refractivity contribution in [3.63, 3.8) is 0 Å². The first-order chi connectivity index (χ1) is 11.9. The van der Waals surface area contributed by atoms with Crippen molar-refractivity contribution >= 4 is 11.8 Å². The van der Waals surface area contributed by atoms with Crippen molar-refractivity contribution in [3.8, 4) is 0 Å². The fourth-order valence-electron chi connectivity index (χ4n) is 2.46. The van der Waals surface area contributed by atoms with E-state index in [1.54, 1.807) is 0 Å². The molecule has 1 atom stereocenters. The highest BCUT2D eigenvalue weighted by molar-refractivity contribution is 5.87. The highest BCUT2D eigenvalue weighted by atomic mass is 16.2. The van der Waals surface area contributed by atoms with Gasteiger partial charge in [0.15, 0.2) is 0 Å². The first-order valence-corrected chi connectivity index (χ1v) is 8.53. The summed E-state index contributed by atoms with van der Waals surface area (Å²) in [5, 5.41) is 5.73. The molecule has 0 fully saturated rings. The zero-order valence-corrected chi connectivity index (χ0v) is 15.1. The second kappa shape index (κ2) is 8.47. The van der Waals surface area contributed by atoms with E-state index in [0.29, 0.717) is 6.42 Å². The van der Waals surface area contributed by atoms with Gasteiger partial charge in [-0.3, -0.25) is 9.59 Å². The zero-order valence-electron chi connectivity index (χ0n) is 15.1. The van der Waals surface area contributed by atoms with Crippen LogP contribution >= 0.6 is 0 Å². The summed E-state index contributed by atoms with van der Waals surface area (Å²) in [6, 6.07) is 19.8. The predicted octanol–water partition coefficient (Wildman–Crippen LogP) is 3.25. The Kier molecular flexibility index (Phi) is 6.34. The van der Waals surface area contributed by atoms with Gasteiger partial charge in [0.25, 0.3) is 0 Å². The van der Waals surface area contributed by atoms with E-state index >= 15 is 0 Å². The molecular formula is C21H26N2O2. The average molecular weight is 338 g/mol. The third kappa shape index (κ3) is 6.07. The molecule has 2 aromatic rings. The third-order valence-corrected chi connectivity index (χ3v) is 3.91. The summed E-state index contributed by atoms with van der Waals surface area (Å²) in [6.45, 7) is 5.45. The average Bonchev–Trinajstić information content (AvgIpc) is 2.60. The fraction of sp³-hybridized carbons (Fsp3) is 0.333. The van der Waals surface area contributed by atoms with Crippen LogP contribution < -0.4 is 10.6 Å². The first kappa shape index (κ1) is 18.7. The maximum absolute atomic E-state index is 12.3. The molecular weight excluding hydrogens is 312 g/mol. The number of carbonyl (C=O) groups excluding carboxylic acids is 2. The Balaban J connectivity index is 2.03. The Morgan fingerprint density at radius 3 is 2.04 bits per heavy atom. The minimum atomic E-state index is -0.511. The van der Waals surface area contributed by atoms with Crippen molar-refractivity contribution < 1.29 is 9.59 Å². The molecule has 2 N–H and O–H groups in total. The highest BCUT2D eigenvalue weighted by Crippen LogP contribution is 2.18. The standard InChI is InChI=1S/C21H26N2O2/c1-21(2,3)20(25)22-15-19(24)23-18(17-12-8-5-9-13-17)14-16-10-6-4-7-11-16/h4-13,18H,14-15H2,1-3H3,(H,22,25)(H,23,24). The lowest BCUT2D eigenvalue weighted by molar-refractivity contribution is -0.131. The molecule has 0 aliphatic carbocycles. The van der Waals surface area contributed by atoms with Crippen molar-refractivity contribution in [2.24, 2.45) is 5.41 Å². The quantitative estimate of drug-likeness (QED) is 0.849. The number of carbonyl (C=O) groups is 2. The second-order valence-corrected chi connectivity index (χ2v) is 7.15. The van der Waals surface area contributed by atoms with Gasteiger partial charge in [0.05, 0.1) is 12.6 Å². The molecule has 4 nitrogen and oxygen atoms in total. The molecule has 0 saturated heterocycles. The van der Waals surface area contributed by atoms with Crippen LogP contribution in [0.15, 0.2) is 60.7 Å². The Hall–Kier alpha value is -2.62. The predicted molar refractivity (Wildman–Crippen MR) is 99.9 cm³/mol. The zero-order chi connectivity index (χ0) is 18.3. The monoisotopic (exact) mass is 338 g/mol. The van der Waals surface area contributed by atoms with E-state index in [0.717, 1.165) is 11.1 Å². The topological polar surface area (TPSA) is 58.2 Å². The van der Waals surface area contributed by atoms with Crippen LogP contribution in [0.5, 0.6) is 0 Å². The molecule has 0 aliphatic heterocycles. The van der Waals surface area contributed by atoms with E-state index in [4.69, 9.17) is 0 Å². The van der Waals surface area contributed by atoms with Crippen LogP contribution in [0.4, 0.5) is 0 Å². The van der Waals surface area contributed by atoms with Crippen molar-refractivity contribution in [1.82, 2.24) is 10.6 Å². The van der Waals surface area contributed by atoms with Crippen LogP contribution in [0.2, 0.25) is 0 Å². The van der Waals surface area contributed by atoms with Crippen LogP contribution in [0.25, 0.3) is 0 Å². The first-order valence-electron chi connectivity index (χ1n) is 8.53. The van der Waals surface area contributed by atoms with Gasteiger partial charge in [-0.1, -0.05) is 81.4 Å². The third-order valence-electron chi connectivity index (χ3n) is 3.91. The lowest BCUT2D eigenvalue weighted by Gasteiger charge is -2.21. The van der Waals surface area contributed by atoms with Crippen molar-refractivity contribution in [2.45, 2.75) is 33.2 Å². The Morgan fingerprint density at radius 2 is 1.48 bits per heavy atom. The number of hydrogen-bond donors (Lipinski definition) is 2. The maximum atomic E-state index is 12.3. The fourth-order valence-corrected chi connectivity index (χ4v) is 2.46. The molecule has 0 radical (unpaired) electrons. The summed E-state index contributed by atoms with van der Waals surface area (Å²) >= 11 is 0. The van der Waals surface area contributed by atoms with Gasteiger partial charge in [0.1, 0.15) is 0 Å². The van der Waals surface area contributed by atoms with Crippen LogP contribution in [-0.4, -0.2) is 18.4 Å².